The normalized spacial score (nSPS) is 12.7. The molecule has 0 fully saturated rings. The van der Waals surface area contributed by atoms with Gasteiger partial charge in [-0.3, -0.25) is 14.6 Å². The maximum absolute atomic E-state index is 14.2. The van der Waals surface area contributed by atoms with Crippen LogP contribution in [0, 0.1) is 5.41 Å². The van der Waals surface area contributed by atoms with Crippen LogP contribution in [0.1, 0.15) is 51.3 Å². The number of carbonyl (C=O) groups excluding carboxylic acids is 2. The number of likely N-dealkylation sites (N-methyl/N-ethyl adjacent to an activating group) is 1. The zero-order chi connectivity index (χ0) is 36.9. The highest BCUT2D eigenvalue weighted by molar-refractivity contribution is 7.80. The van der Waals surface area contributed by atoms with Gasteiger partial charge in [-0.15, -0.1) is 0 Å². The Hall–Kier alpha value is -5.06. The summed E-state index contributed by atoms with van der Waals surface area (Å²) >= 11 is 0. The van der Waals surface area contributed by atoms with Gasteiger partial charge in [0.25, 0.3) is 0 Å². The third kappa shape index (κ3) is 10.3. The van der Waals surface area contributed by atoms with Gasteiger partial charge in [0.2, 0.25) is 11.8 Å². The van der Waals surface area contributed by atoms with Crippen molar-refractivity contribution in [3.8, 4) is 5.75 Å². The minimum atomic E-state index is -0.871. The molecule has 0 aliphatic carbocycles. The number of benzene rings is 5. The first kappa shape index (κ1) is 38.2. The molecule has 0 aliphatic rings. The Balaban J connectivity index is 1.39. The van der Waals surface area contributed by atoms with Gasteiger partial charge >= 0.3 is 0 Å². The highest BCUT2D eigenvalue weighted by Gasteiger charge is 2.34. The summed E-state index contributed by atoms with van der Waals surface area (Å²) < 4.78 is 5.98. The standard InChI is InChI=1S/C45H50N3O3P/c1-6-48(7-2)44(50)40(31-34-27-29-37(30-28-34)51-33-35-19-11-8-12-20-35)47-43(49)42(45(3,4)5)46-32-36-21-17-18-26-41(36)52(38-22-13-9-14-23-38)39-24-15-10-16-25-39/h8-30,32,40,42H,6-7,31,33H2,1-5H3,(H,47,49)/t40-,42+/m0/s1. The Morgan fingerprint density at radius 2 is 1.27 bits per heavy atom. The van der Waals surface area contributed by atoms with Gasteiger partial charge < -0.3 is 15.0 Å². The number of carbonyl (C=O) groups is 2. The lowest BCUT2D eigenvalue weighted by molar-refractivity contribution is -0.137. The summed E-state index contributed by atoms with van der Waals surface area (Å²) in [6.07, 6.45) is 2.20. The highest BCUT2D eigenvalue weighted by atomic mass is 31.1. The molecule has 52 heavy (non-hydrogen) atoms. The number of ether oxygens (including phenoxy) is 1. The number of hydrogen-bond acceptors (Lipinski definition) is 4. The molecule has 0 aliphatic heterocycles. The van der Waals surface area contributed by atoms with Crippen LogP contribution in [0.25, 0.3) is 0 Å². The summed E-state index contributed by atoms with van der Waals surface area (Å²) in [5.74, 6) is 0.359. The molecule has 0 aromatic heterocycles. The SMILES string of the molecule is CCN(CC)C(=O)[C@H](Cc1ccc(OCc2ccccc2)cc1)NC(=O)[C@@H](N=Cc1ccccc1P(c1ccccc1)c1ccccc1)C(C)(C)C. The van der Waals surface area contributed by atoms with E-state index >= 15 is 0 Å². The van der Waals surface area contributed by atoms with Crippen LogP contribution in [0.5, 0.6) is 5.75 Å². The van der Waals surface area contributed by atoms with Gasteiger partial charge in [-0.05, 0) is 66.4 Å². The average molecular weight is 712 g/mol. The molecule has 0 radical (unpaired) electrons. The molecule has 0 heterocycles. The number of hydrogen-bond donors (Lipinski definition) is 1. The predicted molar refractivity (Wildman–Crippen MR) is 217 cm³/mol. The lowest BCUT2D eigenvalue weighted by atomic mass is 9.86. The van der Waals surface area contributed by atoms with Crippen molar-refractivity contribution in [3.05, 3.63) is 156 Å². The van der Waals surface area contributed by atoms with E-state index in [9.17, 15) is 9.59 Å². The highest BCUT2D eigenvalue weighted by Crippen LogP contribution is 2.34. The van der Waals surface area contributed by atoms with Gasteiger partial charge in [0.15, 0.2) is 0 Å². The molecule has 0 bridgehead atoms. The fourth-order valence-electron chi connectivity index (χ4n) is 6.13. The molecule has 0 unspecified atom stereocenters. The Morgan fingerprint density at radius 3 is 1.83 bits per heavy atom. The molecule has 1 N–H and O–H groups in total. The third-order valence-corrected chi connectivity index (χ3v) is 11.5. The molecule has 0 saturated heterocycles. The van der Waals surface area contributed by atoms with Crippen LogP contribution in [0.2, 0.25) is 0 Å². The molecule has 0 spiro atoms. The maximum atomic E-state index is 14.2. The number of aliphatic imine (C=N–C) groups is 1. The molecule has 0 saturated carbocycles. The third-order valence-electron chi connectivity index (χ3n) is 8.94. The Bertz CT molecular complexity index is 1850. The van der Waals surface area contributed by atoms with Gasteiger partial charge in [0.05, 0.1) is 0 Å². The molecular formula is C45H50N3O3P. The zero-order valence-electron chi connectivity index (χ0n) is 30.9. The Kier molecular flexibility index (Phi) is 13.5. The second-order valence-corrected chi connectivity index (χ2v) is 16.0. The van der Waals surface area contributed by atoms with Crippen molar-refractivity contribution in [1.29, 1.82) is 0 Å². The van der Waals surface area contributed by atoms with E-state index < -0.39 is 25.4 Å². The minimum Gasteiger partial charge on any atom is -0.489 e. The summed E-state index contributed by atoms with van der Waals surface area (Å²) in [5, 5.41) is 6.78. The van der Waals surface area contributed by atoms with E-state index in [1.807, 2.05) is 114 Å². The lowest BCUT2D eigenvalue weighted by Gasteiger charge is -2.30. The number of rotatable bonds is 15. The Morgan fingerprint density at radius 1 is 0.731 bits per heavy atom. The van der Waals surface area contributed by atoms with Gasteiger partial charge in [-0.1, -0.05) is 148 Å². The fraction of sp³-hybridized carbons (Fsp3) is 0.267. The maximum Gasteiger partial charge on any atom is 0.245 e. The van der Waals surface area contributed by atoms with Crippen molar-refractivity contribution in [2.45, 2.75) is 59.7 Å². The van der Waals surface area contributed by atoms with E-state index in [1.54, 1.807) is 4.90 Å². The Labute approximate surface area is 310 Å². The fourth-order valence-corrected chi connectivity index (χ4v) is 8.55. The van der Waals surface area contributed by atoms with Gasteiger partial charge in [-0.2, -0.15) is 0 Å². The van der Waals surface area contributed by atoms with Crippen molar-refractivity contribution < 1.29 is 14.3 Å². The van der Waals surface area contributed by atoms with E-state index in [2.05, 4.69) is 72.0 Å². The van der Waals surface area contributed by atoms with Crippen LogP contribution in [0.3, 0.4) is 0 Å². The van der Waals surface area contributed by atoms with E-state index in [-0.39, 0.29) is 11.8 Å². The lowest BCUT2D eigenvalue weighted by Crippen LogP contribution is -2.53. The summed E-state index contributed by atoms with van der Waals surface area (Å²) in [4.78, 5) is 34.9. The first-order valence-corrected chi connectivity index (χ1v) is 19.4. The number of amides is 2. The minimum absolute atomic E-state index is 0.110. The van der Waals surface area contributed by atoms with Crippen molar-refractivity contribution in [2.24, 2.45) is 10.4 Å². The molecule has 6 nitrogen and oxygen atoms in total. The van der Waals surface area contributed by atoms with E-state index in [0.29, 0.717) is 26.1 Å². The van der Waals surface area contributed by atoms with Crippen molar-refractivity contribution in [3.63, 3.8) is 0 Å². The molecule has 5 aromatic carbocycles. The van der Waals surface area contributed by atoms with Crippen molar-refractivity contribution in [1.82, 2.24) is 10.2 Å². The predicted octanol–water partition coefficient (Wildman–Crippen LogP) is 7.45. The molecular weight excluding hydrogens is 661 g/mol. The average Bonchev–Trinajstić information content (AvgIpc) is 3.16. The quantitative estimate of drug-likeness (QED) is 0.0907. The van der Waals surface area contributed by atoms with Gasteiger partial charge in [-0.25, -0.2) is 0 Å². The first-order chi connectivity index (χ1) is 25.2. The van der Waals surface area contributed by atoms with Crippen molar-refractivity contribution in [2.75, 3.05) is 13.1 Å². The summed E-state index contributed by atoms with van der Waals surface area (Å²) in [5.41, 5.74) is 2.47. The topological polar surface area (TPSA) is 71.0 Å². The monoisotopic (exact) mass is 711 g/mol. The van der Waals surface area contributed by atoms with Crippen LogP contribution < -0.4 is 26.0 Å². The van der Waals surface area contributed by atoms with Crippen LogP contribution in [-0.4, -0.2) is 48.1 Å². The molecule has 5 rings (SSSR count). The van der Waals surface area contributed by atoms with Crippen LogP contribution >= 0.6 is 7.92 Å². The van der Waals surface area contributed by atoms with Crippen molar-refractivity contribution >= 4 is 41.9 Å². The molecule has 7 heteroatoms. The summed E-state index contributed by atoms with van der Waals surface area (Å²) in [6, 6.07) is 45.7. The van der Waals surface area contributed by atoms with E-state index in [0.717, 1.165) is 27.7 Å². The molecule has 2 atom stereocenters. The second kappa shape index (κ2) is 18.4. The van der Waals surface area contributed by atoms with Crippen LogP contribution in [-0.2, 0) is 22.6 Å². The molecule has 2 amide bonds. The zero-order valence-corrected chi connectivity index (χ0v) is 31.8. The smallest absolute Gasteiger partial charge is 0.245 e. The van der Waals surface area contributed by atoms with Gasteiger partial charge in [0, 0.05) is 31.3 Å². The second-order valence-electron chi connectivity index (χ2n) is 13.8. The molecule has 268 valence electrons. The number of nitrogens with zero attached hydrogens (tertiary/aromatic N) is 2. The summed E-state index contributed by atoms with van der Waals surface area (Å²) in [7, 11) is -0.871. The molecule has 5 aromatic rings. The number of nitrogens with one attached hydrogen (secondary N) is 1. The summed E-state index contributed by atoms with van der Waals surface area (Å²) in [6.45, 7) is 11.5. The largest absolute Gasteiger partial charge is 0.489 e. The van der Waals surface area contributed by atoms with E-state index in [4.69, 9.17) is 9.73 Å². The first-order valence-electron chi connectivity index (χ1n) is 18.0. The van der Waals surface area contributed by atoms with Crippen LogP contribution in [0.15, 0.2) is 145 Å². The van der Waals surface area contributed by atoms with Crippen LogP contribution in [0.4, 0.5) is 0 Å². The van der Waals surface area contributed by atoms with E-state index in [1.165, 1.54) is 10.6 Å². The van der Waals surface area contributed by atoms with Gasteiger partial charge in [0.1, 0.15) is 24.4 Å².